The van der Waals surface area contributed by atoms with E-state index in [-0.39, 0.29) is 11.5 Å². The van der Waals surface area contributed by atoms with Crippen molar-refractivity contribution in [2.24, 2.45) is 11.3 Å². The molecular formula is C14H28N2O2. The summed E-state index contributed by atoms with van der Waals surface area (Å²) in [4.78, 5) is 13.2. The molecule has 4 nitrogen and oxygen atoms in total. The number of carboxylic acid groups (broad SMARTS) is 1. The van der Waals surface area contributed by atoms with Gasteiger partial charge in [0, 0.05) is 12.1 Å². The SMILES string of the molecule is CN(C)C1CCC(C(NC(=O)O)C(C)(C)C)CC1. The molecule has 0 aliphatic heterocycles. The van der Waals surface area contributed by atoms with Gasteiger partial charge in [-0.05, 0) is 51.1 Å². The van der Waals surface area contributed by atoms with Crippen LogP contribution in [0, 0.1) is 11.3 Å². The van der Waals surface area contributed by atoms with Gasteiger partial charge < -0.3 is 15.3 Å². The molecule has 4 heteroatoms. The zero-order valence-electron chi connectivity index (χ0n) is 12.4. The van der Waals surface area contributed by atoms with E-state index in [1.807, 2.05) is 0 Å². The fraction of sp³-hybridized carbons (Fsp3) is 0.929. The van der Waals surface area contributed by atoms with E-state index in [1.54, 1.807) is 0 Å². The van der Waals surface area contributed by atoms with Gasteiger partial charge in [0.15, 0.2) is 0 Å². The topological polar surface area (TPSA) is 52.6 Å². The Hall–Kier alpha value is -0.770. The lowest BCUT2D eigenvalue weighted by Crippen LogP contribution is -2.50. The molecule has 0 bridgehead atoms. The predicted octanol–water partition coefficient (Wildman–Crippen LogP) is 2.79. The molecule has 1 rings (SSSR count). The van der Waals surface area contributed by atoms with Crippen LogP contribution in [0.3, 0.4) is 0 Å². The van der Waals surface area contributed by atoms with E-state index in [1.165, 1.54) is 12.8 Å². The maximum absolute atomic E-state index is 11.0. The van der Waals surface area contributed by atoms with Gasteiger partial charge in [-0.15, -0.1) is 0 Å². The second-order valence-corrected chi connectivity index (χ2v) is 6.83. The highest BCUT2D eigenvalue weighted by atomic mass is 16.4. The number of hydrogen-bond acceptors (Lipinski definition) is 2. The molecule has 0 spiro atoms. The number of carbonyl (C=O) groups is 1. The molecule has 0 aromatic rings. The van der Waals surface area contributed by atoms with Crippen molar-refractivity contribution in [3.8, 4) is 0 Å². The van der Waals surface area contributed by atoms with Gasteiger partial charge in [0.2, 0.25) is 0 Å². The normalized spacial score (nSPS) is 27.0. The van der Waals surface area contributed by atoms with Crippen LogP contribution in [0.15, 0.2) is 0 Å². The molecule has 0 aromatic carbocycles. The molecule has 1 atom stereocenters. The molecule has 0 radical (unpaired) electrons. The minimum absolute atomic E-state index is 0.0198. The van der Waals surface area contributed by atoms with Crippen LogP contribution >= 0.6 is 0 Å². The van der Waals surface area contributed by atoms with E-state index in [9.17, 15) is 4.79 Å². The maximum atomic E-state index is 11.0. The zero-order chi connectivity index (χ0) is 13.9. The molecule has 106 valence electrons. The highest BCUT2D eigenvalue weighted by Gasteiger charge is 2.36. The first-order valence-electron chi connectivity index (χ1n) is 6.87. The standard InChI is InChI=1S/C14H28N2O2/c1-14(2,3)12(15-13(17)18)10-6-8-11(9-7-10)16(4)5/h10-12,15H,6-9H2,1-5H3,(H,17,18). The van der Waals surface area contributed by atoms with Crippen molar-refractivity contribution in [1.29, 1.82) is 0 Å². The molecule has 1 unspecified atom stereocenters. The quantitative estimate of drug-likeness (QED) is 0.816. The van der Waals surface area contributed by atoms with E-state index in [0.717, 1.165) is 12.8 Å². The van der Waals surface area contributed by atoms with Crippen molar-refractivity contribution in [2.75, 3.05) is 14.1 Å². The van der Waals surface area contributed by atoms with Crippen LogP contribution < -0.4 is 5.32 Å². The summed E-state index contributed by atoms with van der Waals surface area (Å²) in [5, 5.41) is 11.7. The highest BCUT2D eigenvalue weighted by Crippen LogP contribution is 2.35. The summed E-state index contributed by atoms with van der Waals surface area (Å²) in [6, 6.07) is 0.713. The van der Waals surface area contributed by atoms with E-state index in [2.05, 4.69) is 45.1 Å². The molecular weight excluding hydrogens is 228 g/mol. The van der Waals surface area contributed by atoms with Crippen LogP contribution in [-0.4, -0.2) is 42.3 Å². The third-order valence-electron chi connectivity index (χ3n) is 4.16. The minimum atomic E-state index is -0.898. The number of nitrogens with one attached hydrogen (secondary N) is 1. The first-order valence-corrected chi connectivity index (χ1v) is 6.87. The van der Waals surface area contributed by atoms with Gasteiger partial charge >= 0.3 is 6.09 Å². The number of amides is 1. The highest BCUT2D eigenvalue weighted by molar-refractivity contribution is 5.65. The molecule has 1 amide bonds. The first kappa shape index (κ1) is 15.3. The third-order valence-corrected chi connectivity index (χ3v) is 4.16. The molecule has 0 aromatic heterocycles. The molecule has 1 saturated carbocycles. The largest absolute Gasteiger partial charge is 0.465 e. The zero-order valence-corrected chi connectivity index (χ0v) is 12.4. The Morgan fingerprint density at radius 2 is 1.72 bits per heavy atom. The van der Waals surface area contributed by atoms with E-state index in [4.69, 9.17) is 5.11 Å². The first-order chi connectivity index (χ1) is 8.21. The van der Waals surface area contributed by atoms with E-state index < -0.39 is 6.09 Å². The van der Waals surface area contributed by atoms with Gasteiger partial charge in [0.05, 0.1) is 0 Å². The molecule has 1 aliphatic rings. The number of hydrogen-bond donors (Lipinski definition) is 2. The lowest BCUT2D eigenvalue weighted by Gasteiger charge is -2.41. The Balaban J connectivity index is 2.63. The second-order valence-electron chi connectivity index (χ2n) is 6.83. The van der Waals surface area contributed by atoms with E-state index in [0.29, 0.717) is 12.0 Å². The third kappa shape index (κ3) is 4.16. The predicted molar refractivity (Wildman–Crippen MR) is 73.8 cm³/mol. The molecule has 18 heavy (non-hydrogen) atoms. The van der Waals surface area contributed by atoms with Crippen LogP contribution in [0.2, 0.25) is 0 Å². The Morgan fingerprint density at radius 3 is 2.06 bits per heavy atom. The summed E-state index contributed by atoms with van der Waals surface area (Å²) in [7, 11) is 4.25. The van der Waals surface area contributed by atoms with Gasteiger partial charge in [-0.2, -0.15) is 0 Å². The van der Waals surface area contributed by atoms with Gasteiger partial charge in [-0.3, -0.25) is 0 Å². The van der Waals surface area contributed by atoms with Crippen LogP contribution in [0.4, 0.5) is 4.79 Å². The van der Waals surface area contributed by atoms with Crippen molar-refractivity contribution in [1.82, 2.24) is 10.2 Å². The molecule has 1 fully saturated rings. The lowest BCUT2D eigenvalue weighted by atomic mass is 9.72. The Labute approximate surface area is 111 Å². The molecule has 0 heterocycles. The van der Waals surface area contributed by atoms with Gasteiger partial charge in [0.25, 0.3) is 0 Å². The Bertz CT molecular complexity index is 276. The molecule has 0 saturated heterocycles. The number of nitrogens with zero attached hydrogens (tertiary/aromatic N) is 1. The van der Waals surface area contributed by atoms with Crippen molar-refractivity contribution >= 4 is 6.09 Å². The van der Waals surface area contributed by atoms with Gasteiger partial charge in [0.1, 0.15) is 0 Å². The van der Waals surface area contributed by atoms with Crippen LogP contribution in [0.25, 0.3) is 0 Å². The fourth-order valence-electron chi connectivity index (χ4n) is 3.13. The van der Waals surface area contributed by atoms with Crippen molar-refractivity contribution in [2.45, 2.75) is 58.5 Å². The summed E-state index contributed by atoms with van der Waals surface area (Å²) in [6.07, 6.45) is 3.68. The van der Waals surface area contributed by atoms with Gasteiger partial charge in [-0.25, -0.2) is 4.79 Å². The summed E-state index contributed by atoms with van der Waals surface area (Å²) < 4.78 is 0. The second kappa shape index (κ2) is 5.91. The number of rotatable bonds is 3. The molecule has 2 N–H and O–H groups in total. The van der Waals surface area contributed by atoms with Gasteiger partial charge in [-0.1, -0.05) is 20.8 Å². The summed E-state index contributed by atoms with van der Waals surface area (Å²) in [6.45, 7) is 6.35. The maximum Gasteiger partial charge on any atom is 0.404 e. The fourth-order valence-corrected chi connectivity index (χ4v) is 3.13. The summed E-state index contributed by atoms with van der Waals surface area (Å²) >= 11 is 0. The van der Waals surface area contributed by atoms with E-state index >= 15 is 0 Å². The Morgan fingerprint density at radius 1 is 1.22 bits per heavy atom. The molecule has 1 aliphatic carbocycles. The van der Waals surface area contributed by atoms with Crippen molar-refractivity contribution < 1.29 is 9.90 Å². The van der Waals surface area contributed by atoms with Crippen molar-refractivity contribution in [3.63, 3.8) is 0 Å². The average molecular weight is 256 g/mol. The summed E-state index contributed by atoms with van der Waals surface area (Å²) in [5.74, 6) is 0.470. The van der Waals surface area contributed by atoms with Crippen LogP contribution in [0.1, 0.15) is 46.5 Å². The van der Waals surface area contributed by atoms with Crippen LogP contribution in [0.5, 0.6) is 0 Å². The van der Waals surface area contributed by atoms with Crippen molar-refractivity contribution in [3.05, 3.63) is 0 Å². The summed E-state index contributed by atoms with van der Waals surface area (Å²) in [5.41, 5.74) is -0.0198. The monoisotopic (exact) mass is 256 g/mol. The van der Waals surface area contributed by atoms with Crippen LogP contribution in [-0.2, 0) is 0 Å². The smallest absolute Gasteiger partial charge is 0.404 e. The minimum Gasteiger partial charge on any atom is -0.465 e. The average Bonchev–Trinajstić information content (AvgIpc) is 2.24. The Kier molecular flexibility index (Phi) is 5.02. The lowest BCUT2D eigenvalue weighted by molar-refractivity contribution is 0.112.